The zero-order valence-corrected chi connectivity index (χ0v) is 8.98. The first-order valence-corrected chi connectivity index (χ1v) is 4.66. The van der Waals surface area contributed by atoms with Crippen LogP contribution in [0, 0.1) is 5.92 Å². The molecule has 0 saturated heterocycles. The molecule has 0 heterocycles. The summed E-state index contributed by atoms with van der Waals surface area (Å²) in [6, 6.07) is 0. The predicted molar refractivity (Wildman–Crippen MR) is 42.3 cm³/mol. The van der Waals surface area contributed by atoms with Gasteiger partial charge < -0.3 is 0 Å². The molecule has 0 aromatic carbocycles. The Morgan fingerprint density at radius 2 is 1.40 bits per heavy atom. The minimum atomic E-state index is 0.657. The van der Waals surface area contributed by atoms with Gasteiger partial charge in [0.15, 0.2) is 0 Å². The number of hydrogen-bond donors (Lipinski definition) is 0. The Balaban J connectivity index is 0.000000180. The molecule has 0 aliphatic heterocycles. The van der Waals surface area contributed by atoms with Gasteiger partial charge in [-0.1, -0.05) is 20.8 Å². The molecule has 1 rings (SSSR count). The van der Waals surface area contributed by atoms with Crippen molar-refractivity contribution in [2.75, 3.05) is 0 Å². The molecule has 0 saturated carbocycles. The van der Waals surface area contributed by atoms with E-state index < -0.39 is 0 Å². The molecule has 1 radical (unpaired) electrons. The first-order chi connectivity index (χ1) is 4.63. The minimum absolute atomic E-state index is 0.657. The van der Waals surface area contributed by atoms with Gasteiger partial charge in [-0.3, -0.25) is 0 Å². The van der Waals surface area contributed by atoms with Gasteiger partial charge in [-0.05, 0) is 5.92 Å². The zero-order chi connectivity index (χ0) is 7.98. The van der Waals surface area contributed by atoms with Gasteiger partial charge in [-0.15, -0.1) is 0 Å². The van der Waals surface area contributed by atoms with Crippen molar-refractivity contribution in [2.45, 2.75) is 25.1 Å². The topological polar surface area (TPSA) is 0 Å². The normalized spacial score (nSPS) is 15.8. The standard InChI is InChI=1S/C5H5.C4H9.Pt/c1-2-4-5-3-1;1-4(2)3;/h1-5H;1-3H3;. The molecule has 0 aromatic heterocycles. The van der Waals surface area contributed by atoms with Crippen LogP contribution in [0.25, 0.3) is 0 Å². The van der Waals surface area contributed by atoms with E-state index in [0.29, 0.717) is 4.31 Å². The fourth-order valence-corrected chi connectivity index (χ4v) is 0.896. The maximum atomic E-state index is 2.34. The molecule has 60 valence electrons. The van der Waals surface area contributed by atoms with Crippen LogP contribution in [0.1, 0.15) is 20.8 Å². The second-order valence-corrected chi connectivity index (χ2v) is 4.19. The third-order valence-electron chi connectivity index (χ3n) is 0.677. The van der Waals surface area contributed by atoms with Crippen molar-refractivity contribution in [2.24, 2.45) is 0 Å². The molecule has 0 nitrogen and oxygen atoms in total. The van der Waals surface area contributed by atoms with Crippen molar-refractivity contribution in [1.82, 2.24) is 0 Å². The van der Waals surface area contributed by atoms with Gasteiger partial charge in [0.1, 0.15) is 0 Å². The first-order valence-electron chi connectivity index (χ1n) is 3.35. The molecule has 0 spiro atoms. The molecular weight excluding hydrogens is 303 g/mol. The molecule has 1 aliphatic rings. The van der Waals surface area contributed by atoms with Crippen LogP contribution in [0.2, 0.25) is 4.31 Å². The SMILES string of the molecule is C[C](C)C.[Pt][CH]1C=CC=C1. The summed E-state index contributed by atoms with van der Waals surface area (Å²) in [7, 11) is 0. The quantitative estimate of drug-likeness (QED) is 0.644. The van der Waals surface area contributed by atoms with Gasteiger partial charge in [0.25, 0.3) is 0 Å². The molecular formula is C9H14Pt. The molecule has 0 N–H and O–H groups in total. The van der Waals surface area contributed by atoms with E-state index in [2.05, 4.69) is 64.9 Å². The summed E-state index contributed by atoms with van der Waals surface area (Å²) < 4.78 is 0.657. The summed E-state index contributed by atoms with van der Waals surface area (Å²) in [6.07, 6.45) is 8.44. The Morgan fingerprint density at radius 3 is 1.50 bits per heavy atom. The Morgan fingerprint density at radius 1 is 1.10 bits per heavy atom. The molecule has 0 amide bonds. The summed E-state index contributed by atoms with van der Waals surface area (Å²) >= 11 is 2.34. The molecule has 1 heteroatoms. The molecule has 1 aliphatic carbocycles. The molecule has 10 heavy (non-hydrogen) atoms. The third kappa shape index (κ3) is 8.17. The number of hydrogen-bond acceptors (Lipinski definition) is 0. The van der Waals surface area contributed by atoms with Crippen molar-refractivity contribution >= 4 is 0 Å². The second kappa shape index (κ2) is 5.92. The van der Waals surface area contributed by atoms with Crippen molar-refractivity contribution in [3.05, 3.63) is 30.2 Å². The van der Waals surface area contributed by atoms with Crippen LogP contribution in [-0.4, -0.2) is 0 Å². The van der Waals surface area contributed by atoms with E-state index in [-0.39, 0.29) is 0 Å². The fourth-order valence-electron chi connectivity index (χ4n) is 0.391. The number of rotatable bonds is 0. The summed E-state index contributed by atoms with van der Waals surface area (Å²) in [5.74, 6) is 1.42. The van der Waals surface area contributed by atoms with Crippen molar-refractivity contribution in [3.63, 3.8) is 0 Å². The molecule has 0 atom stereocenters. The average molecular weight is 317 g/mol. The maximum absolute atomic E-state index is 2.34. The van der Waals surface area contributed by atoms with Gasteiger partial charge in [-0.25, -0.2) is 0 Å². The van der Waals surface area contributed by atoms with E-state index in [0.717, 1.165) is 0 Å². The second-order valence-electron chi connectivity index (χ2n) is 2.67. The molecule has 0 fully saturated rings. The summed E-state index contributed by atoms with van der Waals surface area (Å²) in [5, 5.41) is 0. The third-order valence-corrected chi connectivity index (χ3v) is 1.55. The van der Waals surface area contributed by atoms with Gasteiger partial charge in [0.2, 0.25) is 0 Å². The summed E-state index contributed by atoms with van der Waals surface area (Å²) in [5.41, 5.74) is 0. The Hall–Kier alpha value is 0.168. The van der Waals surface area contributed by atoms with Crippen LogP contribution in [0.4, 0.5) is 0 Å². The van der Waals surface area contributed by atoms with Gasteiger partial charge in [-0.2, -0.15) is 0 Å². The van der Waals surface area contributed by atoms with Gasteiger partial charge in [0, 0.05) is 0 Å². The van der Waals surface area contributed by atoms with Gasteiger partial charge in [0.05, 0.1) is 0 Å². The van der Waals surface area contributed by atoms with E-state index in [1.807, 2.05) is 0 Å². The summed E-state index contributed by atoms with van der Waals surface area (Å²) in [4.78, 5) is 0. The number of allylic oxidation sites excluding steroid dienone is 4. The Labute approximate surface area is 75.3 Å². The predicted octanol–water partition coefficient (Wildman–Crippen LogP) is 3.07. The average Bonchev–Trinajstić information content (AvgIpc) is 2.15. The van der Waals surface area contributed by atoms with E-state index in [1.54, 1.807) is 0 Å². The van der Waals surface area contributed by atoms with E-state index in [1.165, 1.54) is 5.92 Å². The van der Waals surface area contributed by atoms with E-state index in [4.69, 9.17) is 0 Å². The van der Waals surface area contributed by atoms with Crippen LogP contribution in [0.3, 0.4) is 0 Å². The van der Waals surface area contributed by atoms with Crippen LogP contribution in [0.5, 0.6) is 0 Å². The van der Waals surface area contributed by atoms with Crippen LogP contribution >= 0.6 is 0 Å². The van der Waals surface area contributed by atoms with Crippen molar-refractivity contribution < 1.29 is 19.8 Å². The monoisotopic (exact) mass is 317 g/mol. The summed E-state index contributed by atoms with van der Waals surface area (Å²) in [6.45, 7) is 6.25. The Bertz CT molecular complexity index is 108. The fraction of sp³-hybridized carbons (Fsp3) is 0.444. The molecule has 0 unspecified atom stereocenters. The van der Waals surface area contributed by atoms with Crippen LogP contribution in [-0.2, 0) is 19.8 Å². The van der Waals surface area contributed by atoms with Crippen LogP contribution in [0.15, 0.2) is 24.3 Å². The van der Waals surface area contributed by atoms with Crippen molar-refractivity contribution in [3.8, 4) is 0 Å². The molecule has 0 bridgehead atoms. The van der Waals surface area contributed by atoms with Crippen LogP contribution < -0.4 is 0 Å². The Kier molecular flexibility index (Phi) is 6.02. The van der Waals surface area contributed by atoms with Gasteiger partial charge >= 0.3 is 48.4 Å². The molecule has 0 aromatic rings. The van der Waals surface area contributed by atoms with E-state index in [9.17, 15) is 0 Å². The van der Waals surface area contributed by atoms with E-state index >= 15 is 0 Å². The van der Waals surface area contributed by atoms with Crippen molar-refractivity contribution in [1.29, 1.82) is 0 Å². The first kappa shape index (κ1) is 10.2. The zero-order valence-electron chi connectivity index (χ0n) is 6.70.